The average Bonchev–Trinajstić information content (AvgIpc) is 2.02. The maximum absolute atomic E-state index is 10.9. The zero-order chi connectivity index (χ0) is 8.85. The molecular formula is C8H17NOS. The van der Waals surface area contributed by atoms with E-state index in [1.165, 1.54) is 0 Å². The van der Waals surface area contributed by atoms with Gasteiger partial charge in [0.05, 0.1) is 5.75 Å². The van der Waals surface area contributed by atoms with Crippen LogP contribution in [0.25, 0.3) is 0 Å². The molecule has 1 amide bonds. The monoisotopic (exact) mass is 175 g/mol. The lowest BCUT2D eigenvalue weighted by Crippen LogP contribution is -2.37. The Morgan fingerprint density at radius 2 is 2.09 bits per heavy atom. The molecule has 0 rings (SSSR count). The van der Waals surface area contributed by atoms with E-state index in [9.17, 15) is 4.79 Å². The molecule has 3 heteroatoms. The highest BCUT2D eigenvalue weighted by atomic mass is 32.1. The van der Waals surface area contributed by atoms with Crippen LogP contribution in [0.4, 0.5) is 0 Å². The van der Waals surface area contributed by atoms with Crippen molar-refractivity contribution < 1.29 is 4.79 Å². The molecule has 2 nitrogen and oxygen atoms in total. The normalized spacial score (nSPS) is 15.6. The van der Waals surface area contributed by atoms with Crippen LogP contribution in [0.15, 0.2) is 0 Å². The molecule has 0 heterocycles. The van der Waals surface area contributed by atoms with Gasteiger partial charge in [-0.2, -0.15) is 12.6 Å². The summed E-state index contributed by atoms with van der Waals surface area (Å²) >= 11 is 3.88. The van der Waals surface area contributed by atoms with E-state index >= 15 is 0 Å². The molecule has 0 aliphatic rings. The van der Waals surface area contributed by atoms with Crippen molar-refractivity contribution in [2.45, 2.75) is 33.2 Å². The second-order valence-electron chi connectivity index (χ2n) is 2.90. The summed E-state index contributed by atoms with van der Waals surface area (Å²) < 4.78 is 0. The first kappa shape index (κ1) is 10.8. The van der Waals surface area contributed by atoms with Crippen molar-refractivity contribution in [2.75, 3.05) is 5.75 Å². The van der Waals surface area contributed by atoms with Crippen molar-refractivity contribution in [1.29, 1.82) is 0 Å². The van der Waals surface area contributed by atoms with Crippen LogP contribution in [0.3, 0.4) is 0 Å². The van der Waals surface area contributed by atoms with Crippen LogP contribution in [0, 0.1) is 5.92 Å². The topological polar surface area (TPSA) is 29.1 Å². The lowest BCUT2D eigenvalue weighted by atomic mass is 10.0. The minimum Gasteiger partial charge on any atom is -0.353 e. The molecule has 0 aromatic rings. The van der Waals surface area contributed by atoms with E-state index in [0.717, 1.165) is 6.42 Å². The van der Waals surface area contributed by atoms with Gasteiger partial charge in [0.1, 0.15) is 0 Å². The lowest BCUT2D eigenvalue weighted by molar-refractivity contribution is -0.119. The van der Waals surface area contributed by atoms with Crippen LogP contribution < -0.4 is 5.32 Å². The van der Waals surface area contributed by atoms with Gasteiger partial charge >= 0.3 is 0 Å². The maximum Gasteiger partial charge on any atom is 0.229 e. The minimum atomic E-state index is 0.0149. The Labute approximate surface area is 74.2 Å². The van der Waals surface area contributed by atoms with Crippen molar-refractivity contribution >= 4 is 18.5 Å². The molecule has 0 aliphatic heterocycles. The molecule has 66 valence electrons. The second-order valence-corrected chi connectivity index (χ2v) is 3.22. The molecule has 0 aromatic carbocycles. The molecule has 11 heavy (non-hydrogen) atoms. The fourth-order valence-electron chi connectivity index (χ4n) is 0.795. The first-order chi connectivity index (χ1) is 5.11. The molecule has 0 radical (unpaired) electrons. The molecule has 0 saturated carbocycles. The van der Waals surface area contributed by atoms with Crippen molar-refractivity contribution in [3.05, 3.63) is 0 Å². The number of carbonyl (C=O) groups is 1. The van der Waals surface area contributed by atoms with Gasteiger partial charge in [0.15, 0.2) is 0 Å². The highest BCUT2D eigenvalue weighted by molar-refractivity contribution is 7.81. The number of nitrogens with one attached hydrogen (secondary N) is 1. The highest BCUT2D eigenvalue weighted by Crippen LogP contribution is 2.05. The smallest absolute Gasteiger partial charge is 0.229 e. The predicted molar refractivity (Wildman–Crippen MR) is 50.9 cm³/mol. The van der Waals surface area contributed by atoms with Gasteiger partial charge in [-0.25, -0.2) is 0 Å². The molecule has 1 N–H and O–H groups in total. The fourth-order valence-corrected chi connectivity index (χ4v) is 0.887. The number of hydrogen-bond donors (Lipinski definition) is 2. The number of hydrogen-bond acceptors (Lipinski definition) is 2. The third kappa shape index (κ3) is 4.30. The van der Waals surface area contributed by atoms with E-state index in [4.69, 9.17) is 0 Å². The Balaban J connectivity index is 3.67. The first-order valence-electron chi connectivity index (χ1n) is 4.02. The Morgan fingerprint density at radius 3 is 2.45 bits per heavy atom. The highest BCUT2D eigenvalue weighted by Gasteiger charge is 2.11. The Bertz CT molecular complexity index is 127. The van der Waals surface area contributed by atoms with Gasteiger partial charge < -0.3 is 5.32 Å². The van der Waals surface area contributed by atoms with Crippen LogP contribution >= 0.6 is 12.6 Å². The summed E-state index contributed by atoms with van der Waals surface area (Å²) in [5.74, 6) is 0.834. The molecule has 0 bridgehead atoms. The third-order valence-electron chi connectivity index (χ3n) is 2.03. The molecule has 2 unspecified atom stereocenters. The zero-order valence-corrected chi connectivity index (χ0v) is 8.32. The number of amides is 1. The van der Waals surface area contributed by atoms with Crippen LogP contribution in [0.1, 0.15) is 27.2 Å². The quantitative estimate of drug-likeness (QED) is 0.622. The van der Waals surface area contributed by atoms with E-state index in [2.05, 4.69) is 31.8 Å². The summed E-state index contributed by atoms with van der Waals surface area (Å²) in [4.78, 5) is 10.9. The summed E-state index contributed by atoms with van der Waals surface area (Å²) in [5, 5.41) is 2.86. The van der Waals surface area contributed by atoms with Gasteiger partial charge in [0.2, 0.25) is 5.91 Å². The van der Waals surface area contributed by atoms with Crippen LogP contribution in [0.2, 0.25) is 0 Å². The van der Waals surface area contributed by atoms with E-state index in [-0.39, 0.29) is 17.7 Å². The molecular weight excluding hydrogens is 158 g/mol. The average molecular weight is 175 g/mol. The van der Waals surface area contributed by atoms with Crippen molar-refractivity contribution in [1.82, 2.24) is 5.32 Å². The fraction of sp³-hybridized carbons (Fsp3) is 0.875. The third-order valence-corrected chi connectivity index (χ3v) is 2.32. The minimum absolute atomic E-state index is 0.0149. The summed E-state index contributed by atoms with van der Waals surface area (Å²) in [5.41, 5.74) is 0. The summed E-state index contributed by atoms with van der Waals surface area (Å²) in [6.45, 7) is 6.27. The van der Waals surface area contributed by atoms with Gasteiger partial charge in [0.25, 0.3) is 0 Å². The maximum atomic E-state index is 10.9. The molecule has 0 fully saturated rings. The van der Waals surface area contributed by atoms with Crippen molar-refractivity contribution in [3.63, 3.8) is 0 Å². The Kier molecular flexibility index (Phi) is 5.38. The number of carbonyl (C=O) groups excluding carboxylic acids is 1. The van der Waals surface area contributed by atoms with Crippen molar-refractivity contribution in [2.24, 2.45) is 5.92 Å². The van der Waals surface area contributed by atoms with E-state index < -0.39 is 0 Å². The standard InChI is InChI=1S/C8H17NOS/c1-4-6(2)7(3)9-8(10)5-11/h6-7,11H,4-5H2,1-3H3,(H,9,10). The van der Waals surface area contributed by atoms with Gasteiger partial charge in [-0.1, -0.05) is 20.3 Å². The van der Waals surface area contributed by atoms with E-state index in [1.54, 1.807) is 0 Å². The summed E-state index contributed by atoms with van der Waals surface area (Å²) in [6.07, 6.45) is 1.09. The Morgan fingerprint density at radius 1 is 1.55 bits per heavy atom. The van der Waals surface area contributed by atoms with Gasteiger partial charge in [0, 0.05) is 6.04 Å². The molecule has 2 atom stereocenters. The lowest BCUT2D eigenvalue weighted by Gasteiger charge is -2.19. The first-order valence-corrected chi connectivity index (χ1v) is 4.65. The Hall–Kier alpha value is -0.180. The van der Waals surface area contributed by atoms with Crippen LogP contribution in [-0.2, 0) is 4.79 Å². The van der Waals surface area contributed by atoms with E-state index in [1.807, 2.05) is 6.92 Å². The largest absolute Gasteiger partial charge is 0.353 e. The molecule has 0 aromatic heterocycles. The second kappa shape index (κ2) is 5.47. The summed E-state index contributed by atoms with van der Waals surface area (Å²) in [7, 11) is 0. The van der Waals surface area contributed by atoms with E-state index in [0.29, 0.717) is 5.92 Å². The molecule has 0 saturated heterocycles. The SMILES string of the molecule is CCC(C)C(C)NC(=O)CS. The van der Waals surface area contributed by atoms with Crippen LogP contribution in [0.5, 0.6) is 0 Å². The van der Waals surface area contributed by atoms with Gasteiger partial charge in [-0.05, 0) is 12.8 Å². The van der Waals surface area contributed by atoms with Crippen molar-refractivity contribution in [3.8, 4) is 0 Å². The van der Waals surface area contributed by atoms with Crippen LogP contribution in [-0.4, -0.2) is 17.7 Å². The number of thiol groups is 1. The predicted octanol–water partition coefficient (Wildman–Crippen LogP) is 1.47. The van der Waals surface area contributed by atoms with Gasteiger partial charge in [-0.3, -0.25) is 4.79 Å². The van der Waals surface area contributed by atoms with Gasteiger partial charge in [-0.15, -0.1) is 0 Å². The molecule has 0 spiro atoms. The molecule has 0 aliphatic carbocycles. The zero-order valence-electron chi connectivity index (χ0n) is 7.42. The summed E-state index contributed by atoms with van der Waals surface area (Å²) in [6, 6.07) is 0.264. The number of rotatable bonds is 4.